The van der Waals surface area contributed by atoms with Crippen LogP contribution in [-0.2, 0) is 23.5 Å². The Morgan fingerprint density at radius 1 is 0.795 bits per heavy atom. The number of aliphatic hydroxyl groups is 1. The molecule has 0 aliphatic carbocycles. The van der Waals surface area contributed by atoms with Crippen molar-refractivity contribution in [3.05, 3.63) is 89.7 Å². The fraction of sp³-hybridized carbons (Fsp3) is 0.333. The van der Waals surface area contributed by atoms with E-state index in [1.165, 1.54) is 0 Å². The number of aliphatic carboxylic acids is 1. The van der Waals surface area contributed by atoms with Gasteiger partial charge in [-0.1, -0.05) is 48.5 Å². The highest BCUT2D eigenvalue weighted by atomic mass is 19.4. The number of aromatic nitrogens is 1. The van der Waals surface area contributed by atoms with Crippen LogP contribution in [0.1, 0.15) is 16.7 Å². The molecule has 0 bridgehead atoms. The molecule has 2 heterocycles. The van der Waals surface area contributed by atoms with Gasteiger partial charge in [-0.2, -0.15) is 26.3 Å². The van der Waals surface area contributed by atoms with Gasteiger partial charge in [0.25, 0.3) is 5.60 Å². The number of alkyl halides is 6. The van der Waals surface area contributed by atoms with E-state index in [1.54, 1.807) is 36.7 Å². The lowest BCUT2D eigenvalue weighted by molar-refractivity contribution is -0.376. The number of carbonyl (C=O) groups is 1. The summed E-state index contributed by atoms with van der Waals surface area (Å²) in [5.74, 6) is -0.941. The highest BCUT2D eigenvalue weighted by Crippen LogP contribution is 2.50. The van der Waals surface area contributed by atoms with Gasteiger partial charge < -0.3 is 10.2 Å². The topological polar surface area (TPSA) is 76.9 Å². The fourth-order valence-electron chi connectivity index (χ4n) is 4.62. The molecule has 1 aromatic heterocycles. The summed E-state index contributed by atoms with van der Waals surface area (Å²) in [5, 5.41) is 19.4. The summed E-state index contributed by atoms with van der Waals surface area (Å²) in [7, 11) is 0. The molecule has 2 aromatic carbocycles. The van der Waals surface area contributed by atoms with Crippen molar-refractivity contribution in [2.75, 3.05) is 19.6 Å². The maximum Gasteiger partial charge on any atom is 0.430 e. The molecule has 1 atom stereocenters. The van der Waals surface area contributed by atoms with Crippen LogP contribution in [-0.4, -0.2) is 69.0 Å². The predicted octanol–water partition coefficient (Wildman–Crippen LogP) is 4.83. The zero-order valence-corrected chi connectivity index (χ0v) is 20.5. The van der Waals surface area contributed by atoms with Gasteiger partial charge in [0, 0.05) is 50.7 Å². The Kier molecular flexibility index (Phi) is 8.01. The minimum absolute atomic E-state index is 0.338. The lowest BCUT2D eigenvalue weighted by Gasteiger charge is -2.39. The van der Waals surface area contributed by atoms with E-state index >= 15 is 0 Å². The van der Waals surface area contributed by atoms with E-state index in [2.05, 4.69) is 9.88 Å². The predicted molar refractivity (Wildman–Crippen MR) is 129 cm³/mol. The van der Waals surface area contributed by atoms with Gasteiger partial charge in [-0.15, -0.1) is 0 Å². The summed E-state index contributed by atoms with van der Waals surface area (Å²) in [6.07, 6.45) is -8.54. The second-order valence-electron chi connectivity index (χ2n) is 9.40. The highest BCUT2D eigenvalue weighted by Gasteiger charge is 2.71. The maximum absolute atomic E-state index is 13.1. The molecule has 0 radical (unpaired) electrons. The molecule has 3 aromatic rings. The van der Waals surface area contributed by atoms with Gasteiger partial charge in [-0.3, -0.25) is 19.6 Å². The molecule has 0 saturated carbocycles. The zero-order chi connectivity index (χ0) is 28.4. The van der Waals surface area contributed by atoms with Crippen molar-refractivity contribution >= 4 is 5.97 Å². The van der Waals surface area contributed by atoms with Crippen LogP contribution < -0.4 is 0 Å². The number of benzene rings is 2. The molecule has 6 nitrogen and oxygen atoms in total. The van der Waals surface area contributed by atoms with E-state index in [0.29, 0.717) is 56.0 Å². The lowest BCUT2D eigenvalue weighted by Crippen LogP contribution is -2.55. The monoisotopic (exact) mass is 553 g/mol. The largest absolute Gasteiger partial charge is 0.480 e. The Hall–Kier alpha value is -3.48. The number of pyridine rings is 1. The Bertz CT molecular complexity index is 1250. The van der Waals surface area contributed by atoms with Crippen LogP contribution in [0.15, 0.2) is 73.1 Å². The number of rotatable bonds is 7. The minimum atomic E-state index is -5.95. The summed E-state index contributed by atoms with van der Waals surface area (Å²) in [6.45, 7) is 2.48. The van der Waals surface area contributed by atoms with E-state index < -0.39 is 35.5 Å². The first-order valence-corrected chi connectivity index (χ1v) is 11.9. The molecular formula is C27H25F6N3O3. The van der Waals surface area contributed by atoms with Gasteiger partial charge in [-0.25, -0.2) is 0 Å². The van der Waals surface area contributed by atoms with Crippen LogP contribution in [0.2, 0.25) is 0 Å². The SMILES string of the molecule is O=C(O)[C@@H]1CN(Cc2ccncc2)CCN1Cc1ccc(-c2ccc(C(O)(C(F)(F)F)C(F)(F)F)cc2)cc1. The zero-order valence-electron chi connectivity index (χ0n) is 20.5. The number of carboxylic acid groups (broad SMARTS) is 1. The summed E-state index contributed by atoms with van der Waals surface area (Å²) in [6, 6.07) is 13.2. The van der Waals surface area contributed by atoms with Gasteiger partial charge >= 0.3 is 18.3 Å². The van der Waals surface area contributed by atoms with Gasteiger partial charge in [0.2, 0.25) is 0 Å². The van der Waals surface area contributed by atoms with Crippen LogP contribution >= 0.6 is 0 Å². The Morgan fingerprint density at radius 2 is 1.31 bits per heavy atom. The second kappa shape index (κ2) is 10.9. The van der Waals surface area contributed by atoms with Crippen LogP contribution in [0.3, 0.4) is 0 Å². The van der Waals surface area contributed by atoms with Crippen molar-refractivity contribution in [3.8, 4) is 11.1 Å². The lowest BCUT2D eigenvalue weighted by atomic mass is 9.90. The molecule has 0 unspecified atom stereocenters. The molecule has 1 fully saturated rings. The Balaban J connectivity index is 1.44. The normalized spacial score (nSPS) is 17.8. The summed E-state index contributed by atoms with van der Waals surface area (Å²) >= 11 is 0. The molecule has 0 spiro atoms. The summed E-state index contributed by atoms with van der Waals surface area (Å²) in [4.78, 5) is 19.9. The molecule has 1 saturated heterocycles. The number of carboxylic acids is 1. The van der Waals surface area contributed by atoms with E-state index in [9.17, 15) is 41.4 Å². The van der Waals surface area contributed by atoms with Crippen molar-refractivity contribution in [2.24, 2.45) is 0 Å². The first-order chi connectivity index (χ1) is 18.3. The molecular weight excluding hydrogens is 528 g/mol. The Morgan fingerprint density at radius 3 is 1.82 bits per heavy atom. The van der Waals surface area contributed by atoms with Crippen LogP contribution in [0, 0.1) is 0 Å². The first-order valence-electron chi connectivity index (χ1n) is 11.9. The van der Waals surface area contributed by atoms with Gasteiger partial charge in [0.1, 0.15) is 6.04 Å². The van der Waals surface area contributed by atoms with Crippen molar-refractivity contribution in [2.45, 2.75) is 37.1 Å². The van der Waals surface area contributed by atoms with Gasteiger partial charge in [-0.05, 0) is 34.4 Å². The van der Waals surface area contributed by atoms with E-state index in [4.69, 9.17) is 0 Å². The first kappa shape index (κ1) is 28.5. The highest BCUT2D eigenvalue weighted by molar-refractivity contribution is 5.74. The minimum Gasteiger partial charge on any atom is -0.480 e. The molecule has 4 rings (SSSR count). The van der Waals surface area contributed by atoms with Crippen molar-refractivity contribution < 1.29 is 41.4 Å². The number of piperazine rings is 1. The molecule has 39 heavy (non-hydrogen) atoms. The average molecular weight is 554 g/mol. The number of nitrogens with zero attached hydrogens (tertiary/aromatic N) is 3. The van der Waals surface area contributed by atoms with E-state index in [-0.39, 0.29) is 0 Å². The maximum atomic E-state index is 13.1. The number of hydrogen-bond acceptors (Lipinski definition) is 5. The number of hydrogen-bond donors (Lipinski definition) is 2. The Labute approximate surface area is 220 Å². The van der Waals surface area contributed by atoms with Crippen LogP contribution in [0.5, 0.6) is 0 Å². The van der Waals surface area contributed by atoms with Crippen LogP contribution in [0.4, 0.5) is 26.3 Å². The van der Waals surface area contributed by atoms with Gasteiger partial charge in [0.05, 0.1) is 0 Å². The fourth-order valence-corrected chi connectivity index (χ4v) is 4.62. The van der Waals surface area contributed by atoms with Crippen molar-refractivity contribution in [1.29, 1.82) is 0 Å². The number of halogens is 6. The molecule has 0 amide bonds. The second-order valence-corrected chi connectivity index (χ2v) is 9.40. The molecule has 208 valence electrons. The van der Waals surface area contributed by atoms with Crippen molar-refractivity contribution in [3.63, 3.8) is 0 Å². The third-order valence-corrected chi connectivity index (χ3v) is 6.81. The molecule has 2 N–H and O–H groups in total. The third kappa shape index (κ3) is 6.07. The van der Waals surface area contributed by atoms with Crippen molar-refractivity contribution in [1.82, 2.24) is 14.8 Å². The smallest absolute Gasteiger partial charge is 0.430 e. The third-order valence-electron chi connectivity index (χ3n) is 6.81. The average Bonchev–Trinajstić information content (AvgIpc) is 2.89. The van der Waals surface area contributed by atoms with Gasteiger partial charge in [0.15, 0.2) is 0 Å². The van der Waals surface area contributed by atoms with E-state index in [0.717, 1.165) is 23.3 Å². The molecule has 12 heteroatoms. The van der Waals surface area contributed by atoms with E-state index in [1.807, 2.05) is 17.0 Å². The molecule has 1 aliphatic rings. The molecule has 1 aliphatic heterocycles. The summed E-state index contributed by atoms with van der Waals surface area (Å²) in [5.41, 5.74) is -3.59. The summed E-state index contributed by atoms with van der Waals surface area (Å²) < 4.78 is 78.8. The quantitative estimate of drug-likeness (QED) is 0.409. The van der Waals surface area contributed by atoms with Crippen LogP contribution in [0.25, 0.3) is 11.1 Å². The standard InChI is InChI=1S/C27H25F6N3O3/c28-26(29,30)25(39,27(31,32)33)22-7-5-21(6-8-22)20-3-1-18(2-4-20)16-36-14-13-35(17-23(36)24(37)38)15-19-9-11-34-12-10-19/h1-12,23,39H,13-17H2,(H,37,38)/t23-/m0/s1.